The van der Waals surface area contributed by atoms with Crippen molar-refractivity contribution in [3.05, 3.63) is 38.9 Å². The van der Waals surface area contributed by atoms with Crippen molar-refractivity contribution < 1.29 is 0 Å². The van der Waals surface area contributed by atoms with E-state index in [9.17, 15) is 0 Å². The Morgan fingerprint density at radius 1 is 0.571 bits per heavy atom. The Hall–Kier alpha value is -0.683. The van der Waals surface area contributed by atoms with Crippen molar-refractivity contribution in [2.45, 2.75) is 163 Å². The Balaban J connectivity index is 1.61. The first-order valence-corrected chi connectivity index (χ1v) is 22.5. The lowest BCUT2D eigenvalue weighted by Crippen LogP contribution is -2.64. The predicted molar refractivity (Wildman–Crippen MR) is 198 cm³/mol. The summed E-state index contributed by atoms with van der Waals surface area (Å²) >= 11 is 6.41. The molecule has 0 aliphatic carbocycles. The third-order valence-electron chi connectivity index (χ3n) is 9.72. The molecule has 3 aromatic heterocycles. The number of unbranched alkanes of at least 4 members (excludes halogenated alkanes) is 13. The Labute approximate surface area is 272 Å². The fourth-order valence-corrected chi connectivity index (χ4v) is 19.0. The lowest BCUT2D eigenvalue weighted by molar-refractivity contribution is 0.431. The summed E-state index contributed by atoms with van der Waals surface area (Å²) in [6, 6.07) is 11.9. The molecule has 1 unspecified atom stereocenters. The average molecular weight is 641 g/mol. The van der Waals surface area contributed by atoms with Crippen LogP contribution in [0, 0.1) is 19.8 Å². The lowest BCUT2D eigenvalue weighted by atomic mass is 9.96. The largest absolute Gasteiger partial charge is 0.164 e. The predicted octanol–water partition coefficient (Wildman–Crippen LogP) is 12.2. The molecule has 0 aromatic carbocycles. The van der Waals surface area contributed by atoms with Crippen LogP contribution >= 0.6 is 34.0 Å². The van der Waals surface area contributed by atoms with Gasteiger partial charge in [0, 0.05) is 28.9 Å². The first-order chi connectivity index (χ1) is 20.5. The minimum absolute atomic E-state index is 0.864. The summed E-state index contributed by atoms with van der Waals surface area (Å²) in [6.45, 7) is 11.7. The summed E-state index contributed by atoms with van der Waals surface area (Å²) in [5.74, 6) is 0.864. The van der Waals surface area contributed by atoms with E-state index >= 15 is 0 Å². The topological polar surface area (TPSA) is 0 Å². The van der Waals surface area contributed by atoms with Gasteiger partial charge in [0.05, 0.1) is 0 Å². The number of fused-ring (bicyclic) bond motifs is 3. The fourth-order valence-electron chi connectivity index (χ4n) is 7.41. The van der Waals surface area contributed by atoms with Crippen molar-refractivity contribution in [3.63, 3.8) is 0 Å². The van der Waals surface area contributed by atoms with E-state index in [1.54, 1.807) is 29.5 Å². The normalized spacial score (nSPS) is 14.4. The lowest BCUT2D eigenvalue weighted by Gasteiger charge is -2.32. The van der Waals surface area contributed by atoms with E-state index < -0.39 is 8.07 Å². The highest BCUT2D eigenvalue weighted by molar-refractivity contribution is 7.38. The third-order valence-corrected chi connectivity index (χ3v) is 19.5. The molecule has 0 nitrogen and oxygen atoms in total. The Bertz CT molecular complexity index is 1130. The molecule has 0 saturated heterocycles. The standard InChI is InChI=1S/C38H60S3Si/c1-6-9-12-15-17-20-23-32(22-19-14-11-8-3)29-42(36-26-25-33(41-36)24-21-18-16-13-10-7-2)34-27-30(4)39-37(34)38-35(42)28-31(5)40-38/h25-28,32H,6-24,29H2,1-5H3. The molecule has 42 heavy (non-hydrogen) atoms. The Morgan fingerprint density at radius 2 is 1.05 bits per heavy atom. The van der Waals surface area contributed by atoms with Crippen LogP contribution in [0.3, 0.4) is 0 Å². The molecule has 0 saturated carbocycles. The van der Waals surface area contributed by atoms with Crippen LogP contribution in [-0.2, 0) is 6.42 Å². The van der Waals surface area contributed by atoms with E-state index in [0.717, 1.165) is 5.92 Å². The average Bonchev–Trinajstić information content (AvgIpc) is 3.74. The smallest absolute Gasteiger partial charge is 0.149 e. The number of rotatable bonds is 22. The maximum Gasteiger partial charge on any atom is 0.164 e. The maximum atomic E-state index is 2.65. The van der Waals surface area contributed by atoms with Crippen molar-refractivity contribution in [3.8, 4) is 9.75 Å². The van der Waals surface area contributed by atoms with Crippen LogP contribution in [0.2, 0.25) is 6.04 Å². The van der Waals surface area contributed by atoms with E-state index in [1.165, 1.54) is 138 Å². The van der Waals surface area contributed by atoms with Gasteiger partial charge in [-0.2, -0.15) is 0 Å². The van der Waals surface area contributed by atoms with Crippen molar-refractivity contribution in [1.29, 1.82) is 0 Å². The van der Waals surface area contributed by atoms with E-state index in [2.05, 4.69) is 92.9 Å². The highest BCUT2D eigenvalue weighted by Gasteiger charge is 2.51. The van der Waals surface area contributed by atoms with Gasteiger partial charge in [-0.3, -0.25) is 0 Å². The Kier molecular flexibility index (Phi) is 14.4. The number of thiophene rings is 3. The van der Waals surface area contributed by atoms with Gasteiger partial charge in [0.2, 0.25) is 0 Å². The van der Waals surface area contributed by atoms with Crippen LogP contribution in [0.15, 0.2) is 24.3 Å². The second-order valence-corrected chi connectivity index (χ2v) is 21.2. The molecule has 234 valence electrons. The summed E-state index contributed by atoms with van der Waals surface area (Å²) in [5, 5.41) is 3.58. The van der Waals surface area contributed by atoms with Gasteiger partial charge in [0.15, 0.2) is 8.07 Å². The van der Waals surface area contributed by atoms with E-state index in [1.807, 2.05) is 0 Å². The zero-order valence-corrected chi connectivity index (χ0v) is 31.2. The minimum atomic E-state index is -2.03. The van der Waals surface area contributed by atoms with Gasteiger partial charge in [-0.25, -0.2) is 0 Å². The van der Waals surface area contributed by atoms with Crippen LogP contribution in [0.25, 0.3) is 9.75 Å². The van der Waals surface area contributed by atoms with Gasteiger partial charge < -0.3 is 0 Å². The SMILES string of the molecule is CCCCCCCCc1ccc([Si]2(CC(CCCCCC)CCCCCCCC)c3cc(C)sc3-c3sc(C)cc32)s1. The number of hydrogen-bond donors (Lipinski definition) is 0. The monoisotopic (exact) mass is 640 g/mol. The molecule has 4 rings (SSSR count). The van der Waals surface area contributed by atoms with E-state index in [-0.39, 0.29) is 0 Å². The molecule has 0 N–H and O–H groups in total. The number of aryl methyl sites for hydroxylation is 3. The minimum Gasteiger partial charge on any atom is -0.149 e. The second kappa shape index (κ2) is 17.7. The third kappa shape index (κ3) is 8.73. The molecule has 0 radical (unpaired) electrons. The van der Waals surface area contributed by atoms with Crippen LogP contribution < -0.4 is 14.9 Å². The van der Waals surface area contributed by atoms with Crippen LogP contribution in [-0.4, -0.2) is 8.07 Å². The van der Waals surface area contributed by atoms with Gasteiger partial charge in [0.1, 0.15) is 0 Å². The quantitative estimate of drug-likeness (QED) is 0.0757. The molecule has 1 aliphatic heterocycles. The number of hydrogen-bond acceptors (Lipinski definition) is 3. The van der Waals surface area contributed by atoms with E-state index in [4.69, 9.17) is 0 Å². The molecule has 1 atom stereocenters. The second-order valence-electron chi connectivity index (χ2n) is 13.4. The van der Waals surface area contributed by atoms with Gasteiger partial charge in [0.25, 0.3) is 0 Å². The van der Waals surface area contributed by atoms with Crippen LogP contribution in [0.1, 0.15) is 151 Å². The van der Waals surface area contributed by atoms with Gasteiger partial charge in [-0.05, 0) is 67.2 Å². The zero-order chi connectivity index (χ0) is 29.8. The van der Waals surface area contributed by atoms with Crippen LogP contribution in [0.5, 0.6) is 0 Å². The zero-order valence-electron chi connectivity index (χ0n) is 27.8. The molecular formula is C38H60S3Si. The summed E-state index contributed by atoms with van der Waals surface area (Å²) in [6.07, 6.45) is 26.6. The summed E-state index contributed by atoms with van der Waals surface area (Å²) < 4.78 is 1.78. The van der Waals surface area contributed by atoms with Gasteiger partial charge >= 0.3 is 0 Å². The molecule has 1 aliphatic rings. The molecule has 0 fully saturated rings. The molecule has 4 heterocycles. The highest BCUT2D eigenvalue weighted by atomic mass is 32.1. The van der Waals surface area contributed by atoms with Crippen molar-refractivity contribution in [2.24, 2.45) is 5.92 Å². The molecule has 0 spiro atoms. The summed E-state index contributed by atoms with van der Waals surface area (Å²) in [4.78, 5) is 8.00. The highest BCUT2D eigenvalue weighted by Crippen LogP contribution is 2.43. The molecule has 3 aromatic rings. The maximum absolute atomic E-state index is 2.65. The van der Waals surface area contributed by atoms with Gasteiger partial charge in [-0.1, -0.05) is 136 Å². The van der Waals surface area contributed by atoms with Crippen molar-refractivity contribution >= 4 is 57.0 Å². The van der Waals surface area contributed by atoms with Gasteiger partial charge in [-0.15, -0.1) is 34.0 Å². The Morgan fingerprint density at radius 3 is 1.60 bits per heavy atom. The van der Waals surface area contributed by atoms with Crippen molar-refractivity contribution in [2.75, 3.05) is 0 Å². The molecule has 4 heteroatoms. The van der Waals surface area contributed by atoms with Crippen molar-refractivity contribution in [1.82, 2.24) is 0 Å². The van der Waals surface area contributed by atoms with Crippen LogP contribution in [0.4, 0.5) is 0 Å². The van der Waals surface area contributed by atoms with E-state index in [0.29, 0.717) is 0 Å². The fraction of sp³-hybridized carbons (Fsp3) is 0.684. The first kappa shape index (κ1) is 34.2. The summed E-state index contributed by atoms with van der Waals surface area (Å²) in [7, 11) is -2.03. The molecule has 0 amide bonds. The molecular weight excluding hydrogens is 581 g/mol. The summed E-state index contributed by atoms with van der Waals surface area (Å²) in [5.41, 5.74) is 0. The first-order valence-electron chi connectivity index (χ1n) is 17.8. The molecule has 0 bridgehead atoms.